The first-order valence-corrected chi connectivity index (χ1v) is 11.6. The van der Waals surface area contributed by atoms with Gasteiger partial charge in [-0.25, -0.2) is 4.39 Å². The van der Waals surface area contributed by atoms with Crippen molar-refractivity contribution in [3.05, 3.63) is 67.3 Å². The summed E-state index contributed by atoms with van der Waals surface area (Å²) in [7, 11) is 0. The molecule has 3 aliphatic rings. The van der Waals surface area contributed by atoms with E-state index in [1.807, 2.05) is 0 Å². The molecule has 2 aliphatic heterocycles. The number of nitrogens with zero attached hydrogens (tertiary/aromatic N) is 2. The van der Waals surface area contributed by atoms with Crippen molar-refractivity contribution in [1.82, 2.24) is 14.8 Å². The van der Waals surface area contributed by atoms with Crippen molar-refractivity contribution in [2.45, 2.75) is 50.9 Å². The lowest BCUT2D eigenvalue weighted by atomic mass is 9.90. The lowest BCUT2D eigenvalue weighted by Crippen LogP contribution is -2.51. The summed E-state index contributed by atoms with van der Waals surface area (Å²) in [6.07, 6.45) is 3.22. The van der Waals surface area contributed by atoms with Gasteiger partial charge in [-0.15, -0.1) is 0 Å². The van der Waals surface area contributed by atoms with E-state index in [1.54, 1.807) is 0 Å². The largest absolute Gasteiger partial charge is 0.391 e. The molecule has 1 saturated carbocycles. The molecule has 2 atom stereocenters. The van der Waals surface area contributed by atoms with Crippen LogP contribution in [0.2, 0.25) is 5.02 Å². The summed E-state index contributed by atoms with van der Waals surface area (Å²) in [4.78, 5) is 53.0. The summed E-state index contributed by atoms with van der Waals surface area (Å²) in [6.45, 7) is -0.250. The quantitative estimate of drug-likeness (QED) is 0.628. The number of benzene rings is 1. The fourth-order valence-electron chi connectivity index (χ4n) is 5.82. The highest BCUT2D eigenvalue weighted by Crippen LogP contribution is 2.45. The highest BCUT2D eigenvalue weighted by Gasteiger charge is 2.53. The highest BCUT2D eigenvalue weighted by molar-refractivity contribution is 6.30. The smallest absolute Gasteiger partial charge is 0.270 e. The van der Waals surface area contributed by atoms with Crippen LogP contribution in [0.1, 0.15) is 63.2 Å². The summed E-state index contributed by atoms with van der Waals surface area (Å²) in [5.41, 5.74) is -0.415. The Morgan fingerprint density at radius 2 is 2.09 bits per heavy atom. The van der Waals surface area contributed by atoms with Gasteiger partial charge in [0.1, 0.15) is 23.5 Å². The number of rotatable bonds is 5. The third kappa shape index (κ3) is 3.21. The number of halogens is 2. The molecule has 0 radical (unpaired) electrons. The van der Waals surface area contributed by atoms with E-state index in [1.165, 1.54) is 27.7 Å². The number of hydrogen-bond donors (Lipinski definition) is 2. The molecule has 34 heavy (non-hydrogen) atoms. The van der Waals surface area contributed by atoms with Crippen molar-refractivity contribution in [2.75, 3.05) is 6.54 Å². The molecule has 1 spiro atoms. The van der Waals surface area contributed by atoms with E-state index in [0.29, 0.717) is 30.4 Å². The Bertz CT molecular complexity index is 1290. The predicted molar refractivity (Wildman–Crippen MR) is 120 cm³/mol. The average Bonchev–Trinajstić information content (AvgIpc) is 3.34. The van der Waals surface area contributed by atoms with Crippen LogP contribution < -0.4 is 10.9 Å². The van der Waals surface area contributed by atoms with Gasteiger partial charge >= 0.3 is 0 Å². The van der Waals surface area contributed by atoms with E-state index < -0.39 is 35.5 Å². The Morgan fingerprint density at radius 1 is 1.29 bits per heavy atom. The molecule has 1 aromatic heterocycles. The fourth-order valence-corrected chi connectivity index (χ4v) is 6.03. The topological polar surface area (TPSA) is 109 Å². The van der Waals surface area contributed by atoms with E-state index in [4.69, 9.17) is 11.6 Å². The lowest BCUT2D eigenvalue weighted by Gasteiger charge is -2.35. The summed E-state index contributed by atoms with van der Waals surface area (Å²) in [5.74, 6) is -1.72. The number of fused-ring (bicyclic) bond motifs is 4. The number of carbonyl (C=O) groups excluding carboxylic acids is 3. The molecular formula is C24H23ClFN3O5. The predicted octanol–water partition coefficient (Wildman–Crippen LogP) is 2.12. The van der Waals surface area contributed by atoms with Gasteiger partial charge in [0.15, 0.2) is 0 Å². The number of aliphatic hydroxyl groups excluding tert-OH is 1. The zero-order valence-corrected chi connectivity index (χ0v) is 19.0. The summed E-state index contributed by atoms with van der Waals surface area (Å²) < 4.78 is 14.9. The Balaban J connectivity index is 1.61. The lowest BCUT2D eigenvalue weighted by molar-refractivity contribution is -0.109. The Labute approximate surface area is 199 Å². The van der Waals surface area contributed by atoms with E-state index >= 15 is 0 Å². The summed E-state index contributed by atoms with van der Waals surface area (Å²) in [5, 5.41) is 13.0. The molecule has 1 aliphatic carbocycles. The molecule has 1 fully saturated rings. The minimum atomic E-state index is -1.02. The maximum absolute atomic E-state index is 13.6. The monoisotopic (exact) mass is 487 g/mol. The van der Waals surface area contributed by atoms with Gasteiger partial charge in [0.05, 0.1) is 22.8 Å². The van der Waals surface area contributed by atoms with E-state index in [2.05, 4.69) is 5.32 Å². The second-order valence-electron chi connectivity index (χ2n) is 9.07. The van der Waals surface area contributed by atoms with Gasteiger partial charge in [0, 0.05) is 25.4 Å². The number of aldehydes is 1. The Kier molecular flexibility index (Phi) is 5.56. The van der Waals surface area contributed by atoms with Crippen LogP contribution in [0.5, 0.6) is 0 Å². The number of aliphatic hydroxyl groups is 1. The Morgan fingerprint density at radius 3 is 2.79 bits per heavy atom. The molecule has 1 aromatic carbocycles. The van der Waals surface area contributed by atoms with Gasteiger partial charge in [-0.2, -0.15) is 0 Å². The first kappa shape index (κ1) is 22.7. The first-order chi connectivity index (χ1) is 16.3. The van der Waals surface area contributed by atoms with Crippen molar-refractivity contribution in [2.24, 2.45) is 5.92 Å². The molecule has 2 unspecified atom stereocenters. The second kappa shape index (κ2) is 8.32. The van der Waals surface area contributed by atoms with Crippen molar-refractivity contribution in [3.63, 3.8) is 0 Å². The van der Waals surface area contributed by atoms with Gasteiger partial charge < -0.3 is 20.1 Å². The molecule has 0 saturated heterocycles. The number of nitrogens with one attached hydrogen (secondary N) is 1. The fraction of sp³-hybridized carbons (Fsp3) is 0.417. The average molecular weight is 488 g/mol. The van der Waals surface area contributed by atoms with Gasteiger partial charge in [0.2, 0.25) is 0 Å². The van der Waals surface area contributed by atoms with Crippen molar-refractivity contribution in [1.29, 1.82) is 0 Å². The van der Waals surface area contributed by atoms with Crippen LogP contribution in [0.3, 0.4) is 0 Å². The van der Waals surface area contributed by atoms with Crippen LogP contribution in [-0.2, 0) is 30.0 Å². The van der Waals surface area contributed by atoms with Crippen LogP contribution in [0.25, 0.3) is 0 Å². The van der Waals surface area contributed by atoms with Crippen LogP contribution in [-0.4, -0.2) is 39.2 Å². The third-order valence-corrected chi connectivity index (χ3v) is 7.62. The van der Waals surface area contributed by atoms with E-state index in [0.717, 1.165) is 12.7 Å². The molecule has 10 heteroatoms. The number of pyridine rings is 1. The molecular weight excluding hydrogens is 465 g/mol. The van der Waals surface area contributed by atoms with Crippen LogP contribution in [0, 0.1) is 11.7 Å². The molecule has 8 nitrogen and oxygen atoms in total. The number of carbonyl (C=O) groups is 3. The van der Waals surface area contributed by atoms with Gasteiger partial charge in [-0.1, -0.05) is 17.7 Å². The first-order valence-electron chi connectivity index (χ1n) is 11.2. The molecule has 3 heterocycles. The SMILES string of the molecule is O=CCC1CCCC12NC(=O)c1c3c(c(CO)c(=O)n12)C(=O)N(Cc1ccc(F)c(Cl)c1)CC3. The van der Waals surface area contributed by atoms with Gasteiger partial charge in [-0.05, 0) is 48.9 Å². The Hall–Kier alpha value is -3.04. The molecule has 178 valence electrons. The van der Waals surface area contributed by atoms with Crippen LogP contribution in [0.15, 0.2) is 23.0 Å². The molecule has 2 N–H and O–H groups in total. The minimum absolute atomic E-state index is 0.0512. The third-order valence-electron chi connectivity index (χ3n) is 7.33. The molecule has 2 aromatic rings. The van der Waals surface area contributed by atoms with Gasteiger partial charge in [0.25, 0.3) is 17.4 Å². The second-order valence-corrected chi connectivity index (χ2v) is 9.48. The normalized spacial score (nSPS) is 23.3. The van der Waals surface area contributed by atoms with Gasteiger partial charge in [-0.3, -0.25) is 19.0 Å². The molecule has 2 amide bonds. The molecule has 5 rings (SSSR count). The van der Waals surface area contributed by atoms with Crippen molar-refractivity contribution >= 4 is 29.7 Å². The van der Waals surface area contributed by atoms with Crippen LogP contribution >= 0.6 is 11.6 Å². The number of amides is 2. The maximum Gasteiger partial charge on any atom is 0.270 e. The summed E-state index contributed by atoms with van der Waals surface area (Å²) in [6, 6.07) is 4.19. The highest BCUT2D eigenvalue weighted by atomic mass is 35.5. The van der Waals surface area contributed by atoms with Crippen molar-refractivity contribution < 1.29 is 23.9 Å². The number of hydrogen-bond acceptors (Lipinski definition) is 5. The molecule has 0 bridgehead atoms. The zero-order valence-electron chi connectivity index (χ0n) is 18.3. The van der Waals surface area contributed by atoms with E-state index in [-0.39, 0.29) is 47.3 Å². The van der Waals surface area contributed by atoms with Crippen molar-refractivity contribution in [3.8, 4) is 0 Å². The zero-order chi connectivity index (χ0) is 24.2. The minimum Gasteiger partial charge on any atom is -0.391 e. The van der Waals surface area contributed by atoms with Crippen LogP contribution in [0.4, 0.5) is 4.39 Å². The summed E-state index contributed by atoms with van der Waals surface area (Å²) >= 11 is 5.87. The standard InChI is InChI=1S/C24H23ClFN3O5/c25-17-10-13(3-4-18(17)26)11-28-8-5-15-19(23(28)34)16(12-31)22(33)29-20(15)21(32)27-24(29)7-1-2-14(24)6-9-30/h3-4,9-10,14,31H,1-2,5-8,11-12H2,(H,27,32). The maximum atomic E-state index is 13.6. The van der Waals surface area contributed by atoms with E-state index in [9.17, 15) is 28.7 Å². The number of aromatic nitrogens is 1.